The van der Waals surface area contributed by atoms with Crippen molar-refractivity contribution in [2.24, 2.45) is 0 Å². The third kappa shape index (κ3) is 7.90. The summed E-state index contributed by atoms with van der Waals surface area (Å²) >= 11 is 0. The molecule has 1 heterocycles. The van der Waals surface area contributed by atoms with Gasteiger partial charge in [0, 0.05) is 42.7 Å². The highest BCUT2D eigenvalue weighted by Crippen LogP contribution is 2.29. The summed E-state index contributed by atoms with van der Waals surface area (Å²) in [6, 6.07) is 17.9. The number of nitriles is 1. The fraction of sp³-hybridized carbons (Fsp3) is 0.303. The van der Waals surface area contributed by atoms with Crippen molar-refractivity contribution in [2.75, 3.05) is 19.1 Å². The molecule has 0 saturated heterocycles. The zero-order valence-electron chi connectivity index (χ0n) is 24.6. The summed E-state index contributed by atoms with van der Waals surface area (Å²) in [5, 5.41) is 22.7. The van der Waals surface area contributed by atoms with E-state index < -0.39 is 11.9 Å². The number of phenols is 1. The van der Waals surface area contributed by atoms with E-state index >= 15 is 0 Å². The number of hydrogen-bond acceptors (Lipinski definition) is 7. The van der Waals surface area contributed by atoms with E-state index in [-0.39, 0.29) is 23.8 Å². The van der Waals surface area contributed by atoms with Gasteiger partial charge in [-0.1, -0.05) is 31.9 Å². The molecule has 1 unspecified atom stereocenters. The molecule has 0 saturated carbocycles. The largest absolute Gasteiger partial charge is 0.508 e. The Hall–Kier alpha value is -4.88. The average Bonchev–Trinajstić information content (AvgIpc) is 3.46. The molecule has 0 aliphatic carbocycles. The Balaban J connectivity index is 1.58. The SMILES string of the molecule is CCCCC(NCc1cncn1Cc1ccc(C#N)c(F)c1)C(=O)N(Cc1ccc(OC)cc1OC)c1cccc(O)c1. The lowest BCUT2D eigenvalue weighted by Crippen LogP contribution is -2.46. The summed E-state index contributed by atoms with van der Waals surface area (Å²) in [6.07, 6.45) is 5.70. The number of aromatic nitrogens is 2. The first-order valence-corrected chi connectivity index (χ1v) is 14.1. The Morgan fingerprint density at radius 2 is 2.00 bits per heavy atom. The molecule has 0 bridgehead atoms. The molecular formula is C33H36FN5O4. The number of hydrogen-bond donors (Lipinski definition) is 2. The molecule has 1 atom stereocenters. The van der Waals surface area contributed by atoms with Gasteiger partial charge in [-0.25, -0.2) is 9.37 Å². The molecule has 0 radical (unpaired) electrons. The van der Waals surface area contributed by atoms with Crippen molar-refractivity contribution in [3.8, 4) is 23.3 Å². The van der Waals surface area contributed by atoms with Gasteiger partial charge in [0.15, 0.2) is 0 Å². The van der Waals surface area contributed by atoms with Gasteiger partial charge in [-0.05, 0) is 48.4 Å². The molecule has 1 amide bonds. The first-order valence-electron chi connectivity index (χ1n) is 14.1. The number of unbranched alkanes of at least 4 members (excludes halogenated alkanes) is 1. The van der Waals surface area contributed by atoms with Crippen LogP contribution in [0.5, 0.6) is 17.2 Å². The Bertz CT molecular complexity index is 1580. The molecule has 1 aromatic heterocycles. The number of carbonyl (C=O) groups excluding carboxylic acids is 1. The Labute approximate surface area is 251 Å². The van der Waals surface area contributed by atoms with Crippen LogP contribution in [0.3, 0.4) is 0 Å². The minimum atomic E-state index is -0.564. The van der Waals surface area contributed by atoms with Crippen LogP contribution < -0.4 is 19.7 Å². The smallest absolute Gasteiger partial charge is 0.244 e. The van der Waals surface area contributed by atoms with E-state index in [0.717, 1.165) is 24.1 Å². The first-order chi connectivity index (χ1) is 20.9. The zero-order valence-corrected chi connectivity index (χ0v) is 24.6. The quantitative estimate of drug-likeness (QED) is 0.200. The predicted octanol–water partition coefficient (Wildman–Crippen LogP) is 5.55. The van der Waals surface area contributed by atoms with Crippen LogP contribution in [-0.4, -0.2) is 40.8 Å². The normalized spacial score (nSPS) is 11.5. The molecule has 10 heteroatoms. The predicted molar refractivity (Wildman–Crippen MR) is 161 cm³/mol. The zero-order chi connectivity index (χ0) is 30.8. The molecule has 0 spiro atoms. The summed E-state index contributed by atoms with van der Waals surface area (Å²) in [7, 11) is 3.15. The van der Waals surface area contributed by atoms with Gasteiger partial charge in [0.1, 0.15) is 29.1 Å². The molecule has 4 aromatic rings. The van der Waals surface area contributed by atoms with Crippen molar-refractivity contribution in [3.05, 3.63) is 101 Å². The first kappa shape index (κ1) is 31.1. The fourth-order valence-corrected chi connectivity index (χ4v) is 4.83. The van der Waals surface area contributed by atoms with Crippen LogP contribution in [0.25, 0.3) is 0 Å². The summed E-state index contributed by atoms with van der Waals surface area (Å²) in [4.78, 5) is 20.2. The van der Waals surface area contributed by atoms with Crippen LogP contribution in [0, 0.1) is 17.1 Å². The minimum absolute atomic E-state index is 0.00269. The number of aromatic hydroxyl groups is 1. The number of imidazole rings is 1. The van der Waals surface area contributed by atoms with Gasteiger partial charge >= 0.3 is 0 Å². The Kier molecular flexibility index (Phi) is 10.7. The molecule has 9 nitrogen and oxygen atoms in total. The number of rotatable bonds is 14. The molecule has 0 fully saturated rings. The topological polar surface area (TPSA) is 113 Å². The third-order valence-corrected chi connectivity index (χ3v) is 7.21. The van der Waals surface area contributed by atoms with E-state index in [4.69, 9.17) is 14.7 Å². The third-order valence-electron chi connectivity index (χ3n) is 7.21. The maximum absolute atomic E-state index is 14.2. The number of nitrogens with one attached hydrogen (secondary N) is 1. The highest BCUT2D eigenvalue weighted by molar-refractivity contribution is 5.97. The van der Waals surface area contributed by atoms with Crippen molar-refractivity contribution in [3.63, 3.8) is 0 Å². The van der Waals surface area contributed by atoms with Crippen LogP contribution in [0.1, 0.15) is 48.6 Å². The van der Waals surface area contributed by atoms with Crippen LogP contribution in [0.2, 0.25) is 0 Å². The van der Waals surface area contributed by atoms with Crippen LogP contribution in [-0.2, 0) is 24.4 Å². The number of nitrogens with zero attached hydrogens (tertiary/aromatic N) is 4. The maximum atomic E-state index is 14.2. The van der Waals surface area contributed by atoms with Crippen LogP contribution in [0.4, 0.5) is 10.1 Å². The average molecular weight is 586 g/mol. The number of carbonyl (C=O) groups is 1. The number of anilines is 1. The van der Waals surface area contributed by atoms with Crippen molar-refractivity contribution >= 4 is 11.6 Å². The highest BCUT2D eigenvalue weighted by atomic mass is 19.1. The number of benzene rings is 3. The second-order valence-electron chi connectivity index (χ2n) is 10.1. The second-order valence-corrected chi connectivity index (χ2v) is 10.1. The Morgan fingerprint density at radius 1 is 1.16 bits per heavy atom. The lowest BCUT2D eigenvalue weighted by Gasteiger charge is -2.29. The highest BCUT2D eigenvalue weighted by Gasteiger charge is 2.27. The van der Waals surface area contributed by atoms with E-state index in [9.17, 15) is 14.3 Å². The molecule has 224 valence electrons. The van der Waals surface area contributed by atoms with Crippen molar-refractivity contribution in [1.29, 1.82) is 5.26 Å². The van der Waals surface area contributed by atoms with Gasteiger partial charge in [0.05, 0.1) is 44.4 Å². The van der Waals surface area contributed by atoms with Gasteiger partial charge in [-0.2, -0.15) is 5.26 Å². The number of phenolic OH excluding ortho intramolecular Hbond substituents is 1. The van der Waals surface area contributed by atoms with E-state index in [0.29, 0.717) is 42.3 Å². The minimum Gasteiger partial charge on any atom is -0.508 e. The van der Waals surface area contributed by atoms with Gasteiger partial charge in [0.25, 0.3) is 0 Å². The fourth-order valence-electron chi connectivity index (χ4n) is 4.83. The number of amides is 1. The van der Waals surface area contributed by atoms with Crippen molar-refractivity contribution in [2.45, 2.75) is 51.9 Å². The van der Waals surface area contributed by atoms with Gasteiger partial charge < -0.3 is 29.4 Å². The summed E-state index contributed by atoms with van der Waals surface area (Å²) < 4.78 is 27.0. The van der Waals surface area contributed by atoms with E-state index in [1.807, 2.05) is 22.8 Å². The number of methoxy groups -OCH3 is 2. The lowest BCUT2D eigenvalue weighted by atomic mass is 10.1. The molecular weight excluding hydrogens is 549 g/mol. The molecule has 43 heavy (non-hydrogen) atoms. The Morgan fingerprint density at radius 3 is 2.70 bits per heavy atom. The van der Waals surface area contributed by atoms with E-state index in [1.165, 1.54) is 12.1 Å². The maximum Gasteiger partial charge on any atom is 0.244 e. The van der Waals surface area contributed by atoms with Crippen LogP contribution in [0.15, 0.2) is 73.2 Å². The molecule has 4 rings (SSSR count). The van der Waals surface area contributed by atoms with Crippen LogP contribution >= 0.6 is 0 Å². The summed E-state index contributed by atoms with van der Waals surface area (Å²) in [5.41, 5.74) is 2.84. The number of ether oxygens (including phenoxy) is 2. The summed E-state index contributed by atoms with van der Waals surface area (Å²) in [5.74, 6) is 0.554. The van der Waals surface area contributed by atoms with Gasteiger partial charge in [0.2, 0.25) is 5.91 Å². The standard InChI is InChI=1S/C33H36FN5O4/c1-4-5-9-31(37-19-27-18-36-22-38(27)20-23-10-11-24(17-35)30(34)14-23)33(41)39(26-7-6-8-28(40)15-26)21-25-12-13-29(42-2)16-32(25)43-3/h6-8,10-16,18,22,31,37,40H,4-5,9,19-21H2,1-3H3. The molecule has 3 aromatic carbocycles. The van der Waals surface area contributed by atoms with Crippen molar-refractivity contribution in [1.82, 2.24) is 14.9 Å². The van der Waals surface area contributed by atoms with Gasteiger partial charge in [-0.3, -0.25) is 4.79 Å². The lowest BCUT2D eigenvalue weighted by molar-refractivity contribution is -0.121. The van der Waals surface area contributed by atoms with Gasteiger partial charge in [-0.15, -0.1) is 0 Å². The summed E-state index contributed by atoms with van der Waals surface area (Å²) in [6.45, 7) is 2.99. The van der Waals surface area contributed by atoms with Crippen molar-refractivity contribution < 1.29 is 23.8 Å². The molecule has 0 aliphatic rings. The van der Waals surface area contributed by atoms with E-state index in [2.05, 4.69) is 17.2 Å². The molecule has 2 N–H and O–H groups in total. The second kappa shape index (κ2) is 14.8. The van der Waals surface area contributed by atoms with E-state index in [1.54, 1.807) is 68.0 Å². The number of halogens is 1. The monoisotopic (exact) mass is 585 g/mol. The molecule has 0 aliphatic heterocycles.